The second kappa shape index (κ2) is 6.45. The lowest BCUT2D eigenvalue weighted by molar-refractivity contribution is 0.0967. The molecular formula is C21H18O. The molecule has 0 aliphatic heterocycles. The van der Waals surface area contributed by atoms with E-state index in [9.17, 15) is 4.79 Å². The summed E-state index contributed by atoms with van der Waals surface area (Å²) in [5.41, 5.74) is 7.84. The molecule has 3 rings (SSSR count). The third-order valence-corrected chi connectivity index (χ3v) is 4.15. The van der Waals surface area contributed by atoms with Crippen LogP contribution in [0.1, 0.15) is 30.1 Å². The minimum absolute atomic E-state index is 0.199. The molecule has 2 aromatic carbocycles. The van der Waals surface area contributed by atoms with Crippen LogP contribution in [-0.2, 0) is 0 Å². The van der Waals surface area contributed by atoms with Crippen molar-refractivity contribution in [3.05, 3.63) is 83.3 Å². The molecule has 0 amide bonds. The number of fused-ring (bicyclic) bond motifs is 1. The van der Waals surface area contributed by atoms with Gasteiger partial charge in [0.2, 0.25) is 0 Å². The minimum atomic E-state index is 0.199. The van der Waals surface area contributed by atoms with E-state index < -0.39 is 0 Å². The monoisotopic (exact) mass is 286 g/mol. The van der Waals surface area contributed by atoms with Crippen molar-refractivity contribution in [2.75, 3.05) is 0 Å². The first-order chi connectivity index (χ1) is 10.8. The Morgan fingerprint density at radius 1 is 1.09 bits per heavy atom. The van der Waals surface area contributed by atoms with Crippen LogP contribution in [0.5, 0.6) is 0 Å². The lowest BCUT2D eigenvalue weighted by Crippen LogP contribution is -2.10. The number of hydrogen-bond acceptors (Lipinski definition) is 1. The van der Waals surface area contributed by atoms with E-state index in [1.165, 1.54) is 5.39 Å². The smallest absolute Gasteiger partial charge is 0.163 e. The zero-order chi connectivity index (χ0) is 15.4. The molecule has 0 fully saturated rings. The van der Waals surface area contributed by atoms with E-state index in [1.807, 2.05) is 54.6 Å². The Balaban J connectivity index is 1.81. The topological polar surface area (TPSA) is 17.1 Å². The van der Waals surface area contributed by atoms with Crippen molar-refractivity contribution in [2.45, 2.75) is 19.8 Å². The summed E-state index contributed by atoms with van der Waals surface area (Å²) in [7, 11) is 0. The Morgan fingerprint density at radius 2 is 1.91 bits per heavy atom. The Labute approximate surface area is 131 Å². The molecule has 0 heterocycles. The van der Waals surface area contributed by atoms with E-state index in [4.69, 9.17) is 0 Å². The van der Waals surface area contributed by atoms with E-state index in [1.54, 1.807) is 0 Å². The quantitative estimate of drug-likeness (QED) is 0.542. The van der Waals surface area contributed by atoms with Crippen LogP contribution in [0.2, 0.25) is 0 Å². The number of carbonyl (C=O) groups is 1. The predicted octanol–water partition coefficient (Wildman–Crippen LogP) is 5.25. The predicted molar refractivity (Wildman–Crippen MR) is 90.9 cm³/mol. The molecule has 1 aliphatic carbocycles. The summed E-state index contributed by atoms with van der Waals surface area (Å²) >= 11 is 0. The van der Waals surface area contributed by atoms with Gasteiger partial charge in [0.1, 0.15) is 0 Å². The zero-order valence-electron chi connectivity index (χ0n) is 12.7. The van der Waals surface area contributed by atoms with Gasteiger partial charge in [0.15, 0.2) is 5.78 Å². The van der Waals surface area contributed by atoms with Gasteiger partial charge in [-0.25, -0.2) is 0 Å². The highest BCUT2D eigenvalue weighted by Gasteiger charge is 2.17. The van der Waals surface area contributed by atoms with Crippen LogP contribution in [0.4, 0.5) is 0 Å². The van der Waals surface area contributed by atoms with E-state index in [0.29, 0.717) is 6.42 Å². The molecule has 1 unspecified atom stereocenters. The third-order valence-electron chi connectivity index (χ3n) is 4.15. The molecule has 0 saturated carbocycles. The van der Waals surface area contributed by atoms with Gasteiger partial charge in [0, 0.05) is 12.0 Å². The molecule has 1 aliphatic rings. The zero-order valence-corrected chi connectivity index (χ0v) is 12.7. The molecule has 0 radical (unpaired) electrons. The summed E-state index contributed by atoms with van der Waals surface area (Å²) in [5, 5.41) is 2.28. The Bertz CT molecular complexity index is 841. The average Bonchev–Trinajstić information content (AvgIpc) is 2.59. The molecule has 0 aromatic heterocycles. The van der Waals surface area contributed by atoms with Crippen LogP contribution in [0.25, 0.3) is 10.8 Å². The molecule has 0 bridgehead atoms. The van der Waals surface area contributed by atoms with Crippen molar-refractivity contribution < 1.29 is 4.79 Å². The molecule has 1 heteroatoms. The van der Waals surface area contributed by atoms with Crippen LogP contribution in [0, 0.1) is 5.92 Å². The fourth-order valence-corrected chi connectivity index (χ4v) is 2.82. The largest absolute Gasteiger partial charge is 0.294 e. The lowest BCUT2D eigenvalue weighted by atomic mass is 9.88. The summed E-state index contributed by atoms with van der Waals surface area (Å²) in [6.45, 7) is 2.12. The Kier molecular flexibility index (Phi) is 4.21. The Morgan fingerprint density at radius 3 is 2.64 bits per heavy atom. The fourth-order valence-electron chi connectivity index (χ4n) is 2.82. The van der Waals surface area contributed by atoms with Crippen molar-refractivity contribution >= 4 is 16.6 Å². The number of benzene rings is 2. The van der Waals surface area contributed by atoms with Gasteiger partial charge in [-0.05, 0) is 53.0 Å². The van der Waals surface area contributed by atoms with Crippen LogP contribution in [0.3, 0.4) is 0 Å². The van der Waals surface area contributed by atoms with Gasteiger partial charge in [0.05, 0.1) is 0 Å². The molecule has 2 aromatic rings. The molecule has 1 nitrogen and oxygen atoms in total. The molecule has 1 atom stereocenters. The summed E-state index contributed by atoms with van der Waals surface area (Å²) in [5.74, 6) is 0.440. The number of allylic oxidation sites excluding steroid dienone is 4. The maximum absolute atomic E-state index is 12.6. The van der Waals surface area contributed by atoms with Gasteiger partial charge in [-0.2, -0.15) is 0 Å². The van der Waals surface area contributed by atoms with Crippen molar-refractivity contribution in [2.24, 2.45) is 5.92 Å². The molecule has 0 saturated heterocycles. The van der Waals surface area contributed by atoms with Crippen LogP contribution >= 0.6 is 0 Å². The number of rotatable bonds is 5. The molecule has 0 N–H and O–H groups in total. The van der Waals surface area contributed by atoms with Crippen molar-refractivity contribution in [1.82, 2.24) is 0 Å². The van der Waals surface area contributed by atoms with E-state index in [-0.39, 0.29) is 11.7 Å². The van der Waals surface area contributed by atoms with Gasteiger partial charge >= 0.3 is 0 Å². The van der Waals surface area contributed by atoms with E-state index in [2.05, 4.69) is 24.5 Å². The van der Waals surface area contributed by atoms with E-state index in [0.717, 1.165) is 22.9 Å². The number of Topliss-reactive ketones (excluding diaryl/α,β-unsaturated/α-hetero) is 1. The first kappa shape index (κ1) is 14.4. The number of ketones is 1. The molecule has 108 valence electrons. The van der Waals surface area contributed by atoms with Crippen LogP contribution in [-0.4, -0.2) is 5.78 Å². The van der Waals surface area contributed by atoms with Gasteiger partial charge in [-0.3, -0.25) is 4.79 Å². The maximum Gasteiger partial charge on any atom is 0.163 e. The first-order valence-electron chi connectivity index (χ1n) is 7.67. The highest BCUT2D eigenvalue weighted by Crippen LogP contribution is 2.24. The third kappa shape index (κ3) is 3.02. The van der Waals surface area contributed by atoms with Crippen molar-refractivity contribution in [3.8, 4) is 0 Å². The summed E-state index contributed by atoms with van der Waals surface area (Å²) in [6, 6.07) is 14.1. The van der Waals surface area contributed by atoms with E-state index >= 15 is 0 Å². The molecular weight excluding hydrogens is 268 g/mol. The maximum atomic E-state index is 12.6. The van der Waals surface area contributed by atoms with Gasteiger partial charge in [-0.15, -0.1) is 0 Å². The Hall–Kier alpha value is -2.59. The fraction of sp³-hybridized carbons (Fsp3) is 0.190. The number of carbonyl (C=O) groups excluding carboxylic acids is 1. The molecule has 0 spiro atoms. The van der Waals surface area contributed by atoms with Crippen LogP contribution in [0.15, 0.2) is 77.7 Å². The normalized spacial score (nSPS) is 14.1. The standard InChI is InChI=1S/C21H18O/c1-2-16(17-8-4-3-5-9-17)15-21(22)20-13-12-18-10-6-7-11-19(18)14-20/h4,6-14,16H,2,15H2,1H3. The number of hydrogen-bond donors (Lipinski definition) is 0. The minimum Gasteiger partial charge on any atom is -0.294 e. The lowest BCUT2D eigenvalue weighted by Gasteiger charge is -2.15. The van der Waals surface area contributed by atoms with Crippen molar-refractivity contribution in [3.63, 3.8) is 0 Å². The average molecular weight is 286 g/mol. The summed E-state index contributed by atoms with van der Waals surface area (Å²) in [4.78, 5) is 12.6. The summed E-state index contributed by atoms with van der Waals surface area (Å²) in [6.07, 6.45) is 7.29. The van der Waals surface area contributed by atoms with Crippen LogP contribution < -0.4 is 0 Å². The van der Waals surface area contributed by atoms with Gasteiger partial charge in [-0.1, -0.05) is 54.8 Å². The highest BCUT2D eigenvalue weighted by molar-refractivity contribution is 6.00. The SMILES string of the molecule is CCC(CC(=O)c1ccc2ccccc2c1)C1=CC=C=C=C1. The summed E-state index contributed by atoms with van der Waals surface area (Å²) < 4.78 is 0. The molecule has 22 heavy (non-hydrogen) atoms. The second-order valence-electron chi connectivity index (χ2n) is 5.56. The second-order valence-corrected chi connectivity index (χ2v) is 5.56. The first-order valence-corrected chi connectivity index (χ1v) is 7.67. The highest BCUT2D eigenvalue weighted by atomic mass is 16.1. The van der Waals surface area contributed by atoms with Gasteiger partial charge in [0.25, 0.3) is 0 Å². The van der Waals surface area contributed by atoms with Gasteiger partial charge < -0.3 is 0 Å². The van der Waals surface area contributed by atoms with Crippen molar-refractivity contribution in [1.29, 1.82) is 0 Å².